The molecule has 1 aliphatic rings. The lowest BCUT2D eigenvalue weighted by atomic mass is 10.0. The lowest BCUT2D eigenvalue weighted by Gasteiger charge is -2.20. The highest BCUT2D eigenvalue weighted by Gasteiger charge is 2.33. The second kappa shape index (κ2) is 6.76. The van der Waals surface area contributed by atoms with Crippen LogP contribution >= 0.6 is 0 Å². The van der Waals surface area contributed by atoms with Gasteiger partial charge in [0, 0.05) is 11.1 Å². The second-order valence-corrected chi connectivity index (χ2v) is 7.89. The van der Waals surface area contributed by atoms with Gasteiger partial charge in [-0.15, -0.1) is 0 Å². The minimum absolute atomic E-state index is 0.113. The maximum absolute atomic E-state index is 12.9. The van der Waals surface area contributed by atoms with Crippen LogP contribution in [-0.2, 0) is 14.7 Å². The van der Waals surface area contributed by atoms with Gasteiger partial charge >= 0.3 is 5.97 Å². The van der Waals surface area contributed by atoms with Gasteiger partial charge in [-0.25, -0.2) is 13.2 Å². The van der Waals surface area contributed by atoms with Gasteiger partial charge in [-0.2, -0.15) is 5.26 Å². The lowest BCUT2D eigenvalue weighted by Crippen LogP contribution is -2.21. The van der Waals surface area contributed by atoms with Crippen molar-refractivity contribution in [3.8, 4) is 6.07 Å². The van der Waals surface area contributed by atoms with Crippen LogP contribution in [0, 0.1) is 11.3 Å². The number of carbonyl (C=O) groups excluding carboxylic acids is 1. The topological polar surface area (TPSA) is 96.6 Å². The van der Waals surface area contributed by atoms with Crippen LogP contribution < -0.4 is 0 Å². The highest BCUT2D eigenvalue weighted by atomic mass is 32.2. The number of nitriles is 1. The molecule has 0 saturated carbocycles. The van der Waals surface area contributed by atoms with E-state index in [9.17, 15) is 13.2 Å². The van der Waals surface area contributed by atoms with E-state index in [0.717, 1.165) is 0 Å². The highest BCUT2D eigenvalue weighted by Crippen LogP contribution is 2.34. The van der Waals surface area contributed by atoms with Gasteiger partial charge in [-0.1, -0.05) is 41.6 Å². The Bertz CT molecular complexity index is 1210. The van der Waals surface area contributed by atoms with Gasteiger partial charge in [0.2, 0.25) is 9.84 Å². The van der Waals surface area contributed by atoms with Crippen molar-refractivity contribution < 1.29 is 18.0 Å². The number of fused-ring (bicyclic) bond motifs is 2. The van der Waals surface area contributed by atoms with Gasteiger partial charge in [0.05, 0.1) is 27.0 Å². The van der Waals surface area contributed by atoms with E-state index in [0.29, 0.717) is 16.7 Å². The van der Waals surface area contributed by atoms with E-state index in [-0.39, 0.29) is 21.1 Å². The van der Waals surface area contributed by atoms with Gasteiger partial charge in [-0.3, -0.25) is 0 Å². The Morgan fingerprint density at radius 1 is 0.857 bits per heavy atom. The molecule has 0 spiro atoms. The smallest absolute Gasteiger partial charge is 0.312 e. The first-order valence-corrected chi connectivity index (χ1v) is 9.74. The minimum atomic E-state index is -3.68. The van der Waals surface area contributed by atoms with E-state index in [1.165, 1.54) is 36.4 Å². The fraction of sp³-hybridized carbons (Fsp3) is 0. The summed E-state index contributed by atoms with van der Waals surface area (Å²) in [5, 5.41) is 12.8. The van der Waals surface area contributed by atoms with E-state index in [1.54, 1.807) is 36.4 Å². The Morgan fingerprint density at radius 3 is 1.93 bits per heavy atom. The fourth-order valence-electron chi connectivity index (χ4n) is 2.98. The minimum Gasteiger partial charge on any atom is -0.312 e. The summed E-state index contributed by atoms with van der Waals surface area (Å²) in [5.41, 5.74) is 1.65. The molecule has 3 aromatic carbocycles. The molecule has 0 atom stereocenters. The molecule has 136 valence electrons. The number of oxime groups is 1. The molecule has 0 aliphatic carbocycles. The Hall–Kier alpha value is -3.76. The summed E-state index contributed by atoms with van der Waals surface area (Å²) < 4.78 is 25.7. The molecule has 0 radical (unpaired) electrons. The summed E-state index contributed by atoms with van der Waals surface area (Å²) in [4.78, 5) is 17.6. The van der Waals surface area contributed by atoms with E-state index >= 15 is 0 Å². The molecule has 0 aromatic heterocycles. The number of rotatable bonds is 2. The quantitative estimate of drug-likeness (QED) is 0.388. The van der Waals surface area contributed by atoms with Crippen LogP contribution in [0.5, 0.6) is 0 Å². The number of carbonyl (C=O) groups is 1. The summed E-state index contributed by atoms with van der Waals surface area (Å²) in [7, 11) is -3.68. The van der Waals surface area contributed by atoms with Crippen molar-refractivity contribution >= 4 is 21.5 Å². The number of nitrogens with zero attached hydrogens (tertiary/aromatic N) is 2. The van der Waals surface area contributed by atoms with Gasteiger partial charge in [0.1, 0.15) is 5.71 Å². The molecule has 1 heterocycles. The third-order valence-corrected chi connectivity index (χ3v) is 6.20. The Balaban J connectivity index is 1.77. The first-order valence-electron chi connectivity index (χ1n) is 8.26. The zero-order valence-electron chi connectivity index (χ0n) is 14.4. The first-order chi connectivity index (χ1) is 13.5. The molecule has 0 fully saturated rings. The maximum Gasteiger partial charge on any atom is 0.365 e. The summed E-state index contributed by atoms with van der Waals surface area (Å²) >= 11 is 0. The monoisotopic (exact) mass is 388 g/mol. The van der Waals surface area contributed by atoms with Crippen molar-refractivity contribution in [1.29, 1.82) is 5.26 Å². The van der Waals surface area contributed by atoms with Crippen LogP contribution in [-0.4, -0.2) is 20.1 Å². The Labute approximate surface area is 161 Å². The van der Waals surface area contributed by atoms with Crippen molar-refractivity contribution in [2.75, 3.05) is 0 Å². The summed E-state index contributed by atoms with van der Waals surface area (Å²) in [6.07, 6.45) is 0. The summed E-state index contributed by atoms with van der Waals surface area (Å²) in [6.45, 7) is 0. The van der Waals surface area contributed by atoms with Crippen molar-refractivity contribution in [2.45, 2.75) is 9.79 Å². The second-order valence-electron chi connectivity index (χ2n) is 6.00. The Kier molecular flexibility index (Phi) is 4.26. The molecule has 0 saturated heterocycles. The molecule has 6 nitrogen and oxygen atoms in total. The van der Waals surface area contributed by atoms with Gasteiger partial charge < -0.3 is 4.84 Å². The normalized spacial score (nSPS) is 13.6. The van der Waals surface area contributed by atoms with Crippen LogP contribution in [0.1, 0.15) is 27.0 Å². The van der Waals surface area contributed by atoms with Crippen molar-refractivity contribution in [1.82, 2.24) is 0 Å². The number of sulfone groups is 1. The zero-order chi connectivity index (χ0) is 19.7. The molecule has 0 N–H and O–H groups in total. The van der Waals surface area contributed by atoms with Crippen LogP contribution in [0.2, 0.25) is 0 Å². The fourth-order valence-corrected chi connectivity index (χ4v) is 4.64. The predicted octanol–water partition coefficient (Wildman–Crippen LogP) is 3.31. The highest BCUT2D eigenvalue weighted by molar-refractivity contribution is 7.91. The standard InChI is InChI=1S/C21H12N2O4S/c22-13-14-9-11-15(12-10-14)21(24)27-23-20-16-5-1-3-7-18(16)28(25,26)19-8-4-2-6-17(19)20/h1-12H. The Morgan fingerprint density at radius 2 is 1.39 bits per heavy atom. The van der Waals surface area contributed by atoms with E-state index < -0.39 is 15.8 Å². The number of benzene rings is 3. The third kappa shape index (κ3) is 2.86. The predicted molar refractivity (Wildman–Crippen MR) is 101 cm³/mol. The molecule has 0 bridgehead atoms. The molecule has 0 amide bonds. The van der Waals surface area contributed by atoms with Crippen molar-refractivity contribution in [2.24, 2.45) is 5.16 Å². The molecule has 7 heteroatoms. The van der Waals surface area contributed by atoms with Crippen LogP contribution in [0.25, 0.3) is 0 Å². The molecule has 28 heavy (non-hydrogen) atoms. The largest absolute Gasteiger partial charge is 0.365 e. The summed E-state index contributed by atoms with van der Waals surface area (Å²) in [6, 6.07) is 20.8. The van der Waals surface area contributed by atoms with Crippen molar-refractivity contribution in [3.05, 3.63) is 95.1 Å². The third-order valence-electron chi connectivity index (χ3n) is 4.33. The molecule has 1 aliphatic heterocycles. The molecule has 0 unspecified atom stereocenters. The number of hydrogen-bond acceptors (Lipinski definition) is 6. The van der Waals surface area contributed by atoms with Crippen LogP contribution in [0.3, 0.4) is 0 Å². The SMILES string of the molecule is N#Cc1ccc(C(=O)ON=C2c3ccccc3S(=O)(=O)c3ccccc32)cc1. The number of hydrogen-bond donors (Lipinski definition) is 0. The van der Waals surface area contributed by atoms with Gasteiger partial charge in [-0.05, 0) is 36.4 Å². The average Bonchev–Trinajstić information content (AvgIpc) is 2.74. The zero-order valence-corrected chi connectivity index (χ0v) is 15.2. The van der Waals surface area contributed by atoms with E-state index in [4.69, 9.17) is 10.1 Å². The molecular formula is C21H12N2O4S. The van der Waals surface area contributed by atoms with Gasteiger partial charge in [0.15, 0.2) is 0 Å². The van der Waals surface area contributed by atoms with Gasteiger partial charge in [0.25, 0.3) is 0 Å². The average molecular weight is 388 g/mol. The van der Waals surface area contributed by atoms with E-state index in [2.05, 4.69) is 5.16 Å². The lowest BCUT2D eigenvalue weighted by molar-refractivity contribution is 0.0517. The molecular weight excluding hydrogens is 376 g/mol. The van der Waals surface area contributed by atoms with Crippen LogP contribution in [0.15, 0.2) is 87.7 Å². The van der Waals surface area contributed by atoms with Crippen molar-refractivity contribution in [3.63, 3.8) is 0 Å². The summed E-state index contributed by atoms with van der Waals surface area (Å²) in [5.74, 6) is -0.708. The first kappa shape index (κ1) is 17.6. The maximum atomic E-state index is 12.9. The van der Waals surface area contributed by atoms with E-state index in [1.807, 2.05) is 6.07 Å². The van der Waals surface area contributed by atoms with Crippen LogP contribution in [0.4, 0.5) is 0 Å². The molecule has 4 rings (SSSR count). The molecule has 3 aromatic rings.